The van der Waals surface area contributed by atoms with E-state index in [2.05, 4.69) is 45.5 Å². The Labute approximate surface area is 116 Å². The lowest BCUT2D eigenvalue weighted by Gasteiger charge is -2.21. The second-order valence-electron chi connectivity index (χ2n) is 4.75. The first-order valence-electron chi connectivity index (χ1n) is 6.60. The van der Waals surface area contributed by atoms with E-state index in [1.807, 2.05) is 0 Å². The molecule has 0 fully saturated rings. The molecule has 0 spiro atoms. The number of rotatable bonds is 3. The van der Waals surface area contributed by atoms with E-state index >= 15 is 0 Å². The van der Waals surface area contributed by atoms with E-state index in [1.54, 1.807) is 0 Å². The van der Waals surface area contributed by atoms with Gasteiger partial charge in [-0.05, 0) is 37.3 Å². The number of pyridine rings is 1. The SMILES string of the molecule is BrCCNc1c2c(nc3ccccc13)CCCC2. The minimum atomic E-state index is 0.959. The van der Waals surface area contributed by atoms with E-state index in [-0.39, 0.29) is 0 Å². The summed E-state index contributed by atoms with van der Waals surface area (Å²) in [6.07, 6.45) is 4.85. The van der Waals surface area contributed by atoms with Crippen LogP contribution in [0.3, 0.4) is 0 Å². The third-order valence-corrected chi connectivity index (χ3v) is 3.96. The summed E-state index contributed by atoms with van der Waals surface area (Å²) >= 11 is 3.49. The summed E-state index contributed by atoms with van der Waals surface area (Å²) in [4.78, 5) is 4.83. The summed E-state index contributed by atoms with van der Waals surface area (Å²) in [7, 11) is 0. The van der Waals surface area contributed by atoms with Crippen molar-refractivity contribution in [1.82, 2.24) is 4.98 Å². The zero-order valence-corrected chi connectivity index (χ0v) is 12.0. The maximum Gasteiger partial charge on any atom is 0.0726 e. The summed E-state index contributed by atoms with van der Waals surface area (Å²) in [5.74, 6) is 0. The van der Waals surface area contributed by atoms with Crippen molar-refractivity contribution in [3.8, 4) is 0 Å². The lowest BCUT2D eigenvalue weighted by molar-refractivity contribution is 0.672. The molecular weight excluding hydrogens is 288 g/mol. The van der Waals surface area contributed by atoms with Crippen LogP contribution in [-0.4, -0.2) is 16.9 Å². The number of fused-ring (bicyclic) bond motifs is 2. The highest BCUT2D eigenvalue weighted by atomic mass is 79.9. The van der Waals surface area contributed by atoms with Gasteiger partial charge in [-0.15, -0.1) is 0 Å². The average molecular weight is 305 g/mol. The quantitative estimate of drug-likeness (QED) is 0.869. The molecule has 0 unspecified atom stereocenters. The number of halogens is 1. The highest BCUT2D eigenvalue weighted by Gasteiger charge is 2.17. The molecule has 0 saturated carbocycles. The van der Waals surface area contributed by atoms with E-state index < -0.39 is 0 Å². The van der Waals surface area contributed by atoms with E-state index in [0.717, 1.165) is 30.2 Å². The zero-order valence-electron chi connectivity index (χ0n) is 10.4. The predicted molar refractivity (Wildman–Crippen MR) is 80.7 cm³/mol. The molecular formula is C15H17BrN2. The van der Waals surface area contributed by atoms with Crippen molar-refractivity contribution >= 4 is 32.5 Å². The number of para-hydroxylation sites is 1. The molecule has 0 aliphatic heterocycles. The number of hydrogen-bond acceptors (Lipinski definition) is 2. The normalized spacial score (nSPS) is 14.5. The minimum Gasteiger partial charge on any atom is -0.383 e. The summed E-state index contributed by atoms with van der Waals surface area (Å²) in [5.41, 5.74) is 5.18. The number of aromatic nitrogens is 1. The first kappa shape index (κ1) is 12.0. The molecule has 94 valence electrons. The van der Waals surface area contributed by atoms with Crippen LogP contribution in [0.1, 0.15) is 24.1 Å². The van der Waals surface area contributed by atoms with Crippen LogP contribution in [-0.2, 0) is 12.8 Å². The standard InChI is InChI=1S/C15H17BrN2/c16-9-10-17-15-11-5-1-3-7-13(11)18-14-8-4-2-6-12(14)15/h1,3,5,7H,2,4,6,8-10H2,(H,17,18). The molecule has 2 nitrogen and oxygen atoms in total. The molecule has 1 aromatic carbocycles. The van der Waals surface area contributed by atoms with E-state index in [0.29, 0.717) is 0 Å². The maximum atomic E-state index is 4.83. The lowest BCUT2D eigenvalue weighted by Crippen LogP contribution is -2.12. The second kappa shape index (κ2) is 5.27. The van der Waals surface area contributed by atoms with Gasteiger partial charge in [-0.1, -0.05) is 34.1 Å². The van der Waals surface area contributed by atoms with Gasteiger partial charge in [-0.2, -0.15) is 0 Å². The van der Waals surface area contributed by atoms with Crippen LogP contribution in [0, 0.1) is 0 Å². The van der Waals surface area contributed by atoms with Gasteiger partial charge in [0.1, 0.15) is 0 Å². The maximum absolute atomic E-state index is 4.83. The molecule has 3 heteroatoms. The number of nitrogens with zero attached hydrogens (tertiary/aromatic N) is 1. The van der Waals surface area contributed by atoms with Crippen molar-refractivity contribution in [2.24, 2.45) is 0 Å². The highest BCUT2D eigenvalue weighted by Crippen LogP contribution is 2.33. The average Bonchev–Trinajstić information content (AvgIpc) is 2.43. The Morgan fingerprint density at radius 1 is 1.17 bits per heavy atom. The molecule has 1 heterocycles. The Balaban J connectivity index is 2.19. The van der Waals surface area contributed by atoms with Gasteiger partial charge in [-0.3, -0.25) is 4.98 Å². The van der Waals surface area contributed by atoms with Gasteiger partial charge in [0.25, 0.3) is 0 Å². The van der Waals surface area contributed by atoms with Crippen LogP contribution in [0.25, 0.3) is 10.9 Å². The summed E-state index contributed by atoms with van der Waals surface area (Å²) in [5, 5.41) is 5.81. The number of hydrogen-bond donors (Lipinski definition) is 1. The molecule has 0 radical (unpaired) electrons. The molecule has 1 N–H and O–H groups in total. The summed E-state index contributed by atoms with van der Waals surface area (Å²) in [6, 6.07) is 8.45. The van der Waals surface area contributed by atoms with Gasteiger partial charge < -0.3 is 5.32 Å². The van der Waals surface area contributed by atoms with Gasteiger partial charge in [0, 0.05) is 28.6 Å². The third kappa shape index (κ3) is 2.12. The van der Waals surface area contributed by atoms with Crippen molar-refractivity contribution in [2.45, 2.75) is 25.7 Å². The molecule has 2 aromatic rings. The molecule has 18 heavy (non-hydrogen) atoms. The van der Waals surface area contributed by atoms with Crippen molar-refractivity contribution in [3.63, 3.8) is 0 Å². The van der Waals surface area contributed by atoms with Gasteiger partial charge >= 0.3 is 0 Å². The van der Waals surface area contributed by atoms with Crippen LogP contribution in [0.2, 0.25) is 0 Å². The highest BCUT2D eigenvalue weighted by molar-refractivity contribution is 9.09. The number of benzene rings is 1. The van der Waals surface area contributed by atoms with E-state index in [1.165, 1.54) is 35.2 Å². The summed E-state index contributed by atoms with van der Waals surface area (Å²) < 4.78 is 0. The smallest absolute Gasteiger partial charge is 0.0726 e. The zero-order chi connectivity index (χ0) is 12.4. The number of anilines is 1. The molecule has 1 aliphatic carbocycles. The van der Waals surface area contributed by atoms with Crippen molar-refractivity contribution < 1.29 is 0 Å². The van der Waals surface area contributed by atoms with Gasteiger partial charge in [0.2, 0.25) is 0 Å². The minimum absolute atomic E-state index is 0.959. The fourth-order valence-electron chi connectivity index (χ4n) is 2.75. The van der Waals surface area contributed by atoms with Crippen LogP contribution in [0.4, 0.5) is 5.69 Å². The van der Waals surface area contributed by atoms with Gasteiger partial charge in [-0.25, -0.2) is 0 Å². The fourth-order valence-corrected chi connectivity index (χ4v) is 2.94. The molecule has 0 amide bonds. The topological polar surface area (TPSA) is 24.9 Å². The van der Waals surface area contributed by atoms with Gasteiger partial charge in [0.15, 0.2) is 0 Å². The second-order valence-corrected chi connectivity index (χ2v) is 5.55. The molecule has 1 aromatic heterocycles. The monoisotopic (exact) mass is 304 g/mol. The summed E-state index contributed by atoms with van der Waals surface area (Å²) in [6.45, 7) is 0.959. The van der Waals surface area contributed by atoms with E-state index in [4.69, 9.17) is 4.98 Å². The van der Waals surface area contributed by atoms with Crippen LogP contribution in [0.15, 0.2) is 24.3 Å². The number of nitrogens with one attached hydrogen (secondary N) is 1. The van der Waals surface area contributed by atoms with Crippen LogP contribution < -0.4 is 5.32 Å². The first-order valence-corrected chi connectivity index (χ1v) is 7.72. The predicted octanol–water partition coefficient (Wildman–Crippen LogP) is 3.92. The third-order valence-electron chi connectivity index (χ3n) is 3.57. The molecule has 1 aliphatic rings. The van der Waals surface area contributed by atoms with Crippen molar-refractivity contribution in [2.75, 3.05) is 17.2 Å². The largest absolute Gasteiger partial charge is 0.383 e. The Kier molecular flexibility index (Phi) is 3.50. The van der Waals surface area contributed by atoms with Crippen molar-refractivity contribution in [1.29, 1.82) is 0 Å². The number of alkyl halides is 1. The van der Waals surface area contributed by atoms with Gasteiger partial charge in [0.05, 0.1) is 5.52 Å². The van der Waals surface area contributed by atoms with E-state index in [9.17, 15) is 0 Å². The Morgan fingerprint density at radius 2 is 2.00 bits per heavy atom. The Hall–Kier alpha value is -1.09. The lowest BCUT2D eigenvalue weighted by atomic mass is 9.92. The van der Waals surface area contributed by atoms with Crippen LogP contribution in [0.5, 0.6) is 0 Å². The Bertz CT molecular complexity index is 566. The Morgan fingerprint density at radius 3 is 2.89 bits per heavy atom. The van der Waals surface area contributed by atoms with Crippen molar-refractivity contribution in [3.05, 3.63) is 35.5 Å². The fraction of sp³-hybridized carbons (Fsp3) is 0.400. The molecule has 3 rings (SSSR count). The number of aryl methyl sites for hydroxylation is 1. The van der Waals surface area contributed by atoms with Crippen LogP contribution >= 0.6 is 15.9 Å². The molecule has 0 bridgehead atoms. The first-order chi connectivity index (χ1) is 8.90. The molecule has 0 saturated heterocycles. The molecule has 0 atom stereocenters.